The number of amides is 2. The van der Waals surface area contributed by atoms with Gasteiger partial charge >= 0.3 is 11.8 Å². The van der Waals surface area contributed by atoms with Gasteiger partial charge in [-0.2, -0.15) is 5.10 Å². The van der Waals surface area contributed by atoms with Gasteiger partial charge in [0.05, 0.1) is 12.8 Å². The molecule has 2 N–H and O–H groups in total. The third kappa shape index (κ3) is 7.57. The molecule has 0 aliphatic carbocycles. The van der Waals surface area contributed by atoms with Crippen molar-refractivity contribution in [1.82, 2.24) is 10.7 Å². The van der Waals surface area contributed by atoms with Gasteiger partial charge in [0, 0.05) is 11.0 Å². The molecule has 0 aliphatic rings. The molecule has 0 aromatic heterocycles. The Morgan fingerprint density at radius 1 is 1.03 bits per heavy atom. The fraction of sp³-hybridized carbons (Fsp3) is 0.286. The Hall–Kier alpha value is -2.87. The molecular weight excluding hydrogens is 438 g/mol. The molecule has 0 aliphatic heterocycles. The van der Waals surface area contributed by atoms with E-state index in [0.29, 0.717) is 36.8 Å². The lowest BCUT2D eigenvalue weighted by atomic mass is 10.2. The highest BCUT2D eigenvalue weighted by Gasteiger charge is 2.11. The van der Waals surface area contributed by atoms with Crippen LogP contribution in [0.4, 0.5) is 0 Å². The number of rotatable bonds is 9. The highest BCUT2D eigenvalue weighted by atomic mass is 79.9. The minimum absolute atomic E-state index is 0.406. The van der Waals surface area contributed by atoms with Crippen LogP contribution in [0.1, 0.15) is 31.4 Å². The number of carbonyl (C=O) groups is 2. The van der Waals surface area contributed by atoms with E-state index in [1.165, 1.54) is 6.21 Å². The zero-order chi connectivity index (χ0) is 21.1. The van der Waals surface area contributed by atoms with Gasteiger partial charge in [-0.05, 0) is 54.8 Å². The Kier molecular flexibility index (Phi) is 9.17. The normalized spacial score (nSPS) is 10.6. The second kappa shape index (κ2) is 11.9. The standard InChI is InChI=1S/C21H24BrN3O4/c1-3-11-23-20(26)21(27)25-24-13-16-7-10-18(19(12-16)28-4-2)29-14-15-5-8-17(22)9-6-15/h5-10,12-13H,3-4,11,14H2,1-2H3,(H,23,26)(H,25,27)/b24-13-. The minimum Gasteiger partial charge on any atom is -0.490 e. The number of halogens is 1. The summed E-state index contributed by atoms with van der Waals surface area (Å²) in [6.07, 6.45) is 2.19. The van der Waals surface area contributed by atoms with Gasteiger partial charge in [0.25, 0.3) is 0 Å². The lowest BCUT2D eigenvalue weighted by Gasteiger charge is -2.12. The van der Waals surface area contributed by atoms with Crippen LogP contribution in [-0.2, 0) is 16.2 Å². The van der Waals surface area contributed by atoms with Crippen molar-refractivity contribution < 1.29 is 19.1 Å². The molecule has 0 unspecified atom stereocenters. The van der Waals surface area contributed by atoms with Gasteiger partial charge in [0.1, 0.15) is 6.61 Å². The van der Waals surface area contributed by atoms with Crippen LogP contribution in [0, 0.1) is 0 Å². The summed E-state index contributed by atoms with van der Waals surface area (Å²) >= 11 is 3.41. The predicted molar refractivity (Wildman–Crippen MR) is 115 cm³/mol. The molecule has 0 saturated carbocycles. The smallest absolute Gasteiger partial charge is 0.329 e. The molecule has 7 nitrogen and oxygen atoms in total. The van der Waals surface area contributed by atoms with Crippen LogP contribution in [0.2, 0.25) is 0 Å². The molecule has 2 aromatic carbocycles. The van der Waals surface area contributed by atoms with Gasteiger partial charge in [0.2, 0.25) is 0 Å². The fourth-order valence-corrected chi connectivity index (χ4v) is 2.53. The molecule has 2 amide bonds. The summed E-state index contributed by atoms with van der Waals surface area (Å²) in [6, 6.07) is 13.2. The maximum atomic E-state index is 11.6. The van der Waals surface area contributed by atoms with E-state index in [-0.39, 0.29) is 0 Å². The van der Waals surface area contributed by atoms with Crippen LogP contribution in [0.5, 0.6) is 11.5 Å². The maximum Gasteiger partial charge on any atom is 0.329 e. The van der Waals surface area contributed by atoms with Crippen molar-refractivity contribution in [3.63, 3.8) is 0 Å². The monoisotopic (exact) mass is 461 g/mol. The lowest BCUT2D eigenvalue weighted by Crippen LogP contribution is -2.38. The zero-order valence-corrected chi connectivity index (χ0v) is 18.0. The molecule has 0 fully saturated rings. The van der Waals surface area contributed by atoms with E-state index in [4.69, 9.17) is 9.47 Å². The average molecular weight is 462 g/mol. The van der Waals surface area contributed by atoms with E-state index < -0.39 is 11.8 Å². The molecule has 2 rings (SSSR count). The quantitative estimate of drug-likeness (QED) is 0.340. The van der Waals surface area contributed by atoms with E-state index in [1.807, 2.05) is 38.1 Å². The Balaban J connectivity index is 1.99. The first-order valence-corrected chi connectivity index (χ1v) is 10.1. The SMILES string of the molecule is CCCNC(=O)C(=O)N/N=C\c1ccc(OCc2ccc(Br)cc2)c(OCC)c1. The molecule has 0 atom stereocenters. The lowest BCUT2D eigenvalue weighted by molar-refractivity contribution is -0.139. The third-order valence-corrected chi connectivity index (χ3v) is 4.23. The highest BCUT2D eigenvalue weighted by Crippen LogP contribution is 2.29. The van der Waals surface area contributed by atoms with E-state index in [2.05, 4.69) is 31.8 Å². The van der Waals surface area contributed by atoms with Crippen molar-refractivity contribution in [3.05, 3.63) is 58.1 Å². The first-order valence-electron chi connectivity index (χ1n) is 9.28. The summed E-state index contributed by atoms with van der Waals surface area (Å²) in [5, 5.41) is 6.30. The van der Waals surface area contributed by atoms with Crippen LogP contribution < -0.4 is 20.2 Å². The average Bonchev–Trinajstić information content (AvgIpc) is 2.72. The number of nitrogens with one attached hydrogen (secondary N) is 2. The second-order valence-corrected chi connectivity index (χ2v) is 6.93. The van der Waals surface area contributed by atoms with Gasteiger partial charge in [-0.3, -0.25) is 9.59 Å². The Bertz CT molecular complexity index is 854. The molecule has 8 heteroatoms. The van der Waals surface area contributed by atoms with E-state index in [0.717, 1.165) is 16.5 Å². The van der Waals surface area contributed by atoms with Crippen molar-refractivity contribution >= 4 is 34.0 Å². The van der Waals surface area contributed by atoms with Crippen molar-refractivity contribution in [2.24, 2.45) is 5.10 Å². The summed E-state index contributed by atoms with van der Waals surface area (Å²) in [5.74, 6) is -0.347. The number of nitrogens with zero attached hydrogens (tertiary/aromatic N) is 1. The number of hydrogen-bond acceptors (Lipinski definition) is 5. The maximum absolute atomic E-state index is 11.6. The van der Waals surface area contributed by atoms with Crippen LogP contribution in [0.3, 0.4) is 0 Å². The van der Waals surface area contributed by atoms with Crippen molar-refractivity contribution in [2.75, 3.05) is 13.2 Å². The molecule has 29 heavy (non-hydrogen) atoms. The van der Waals surface area contributed by atoms with Crippen molar-refractivity contribution in [3.8, 4) is 11.5 Å². The molecule has 0 spiro atoms. The summed E-state index contributed by atoms with van der Waals surface area (Å²) in [7, 11) is 0. The summed E-state index contributed by atoms with van der Waals surface area (Å²) in [6.45, 7) is 5.11. The number of hydrogen-bond donors (Lipinski definition) is 2. The molecular formula is C21H24BrN3O4. The van der Waals surface area contributed by atoms with Crippen LogP contribution in [-0.4, -0.2) is 31.2 Å². The first kappa shape index (κ1) is 22.4. The second-order valence-electron chi connectivity index (χ2n) is 6.01. The predicted octanol–water partition coefficient (Wildman–Crippen LogP) is 3.40. The number of carbonyl (C=O) groups excluding carboxylic acids is 2. The molecule has 0 radical (unpaired) electrons. The molecule has 2 aromatic rings. The first-order chi connectivity index (χ1) is 14.0. The van der Waals surface area contributed by atoms with Gasteiger partial charge in [-0.15, -0.1) is 0 Å². The Morgan fingerprint density at radius 3 is 2.48 bits per heavy atom. The number of hydrazone groups is 1. The van der Waals surface area contributed by atoms with Crippen LogP contribution >= 0.6 is 15.9 Å². The summed E-state index contributed by atoms with van der Waals surface area (Å²) < 4.78 is 12.5. The number of ether oxygens (including phenoxy) is 2. The summed E-state index contributed by atoms with van der Waals surface area (Å²) in [5.41, 5.74) is 3.93. The Morgan fingerprint density at radius 2 is 1.79 bits per heavy atom. The Labute approximate surface area is 178 Å². The summed E-state index contributed by atoms with van der Waals surface area (Å²) in [4.78, 5) is 23.1. The van der Waals surface area contributed by atoms with Crippen molar-refractivity contribution in [2.45, 2.75) is 26.9 Å². The molecule has 0 heterocycles. The fourth-order valence-electron chi connectivity index (χ4n) is 2.27. The minimum atomic E-state index is -0.811. The van der Waals surface area contributed by atoms with E-state index in [1.54, 1.807) is 18.2 Å². The topological polar surface area (TPSA) is 89.0 Å². The van der Waals surface area contributed by atoms with E-state index in [9.17, 15) is 9.59 Å². The molecule has 154 valence electrons. The van der Waals surface area contributed by atoms with E-state index >= 15 is 0 Å². The zero-order valence-electron chi connectivity index (χ0n) is 16.4. The third-order valence-electron chi connectivity index (χ3n) is 3.70. The van der Waals surface area contributed by atoms with Gasteiger partial charge in [0.15, 0.2) is 11.5 Å². The van der Waals surface area contributed by atoms with Gasteiger partial charge in [-0.25, -0.2) is 5.43 Å². The number of benzene rings is 2. The molecule has 0 saturated heterocycles. The highest BCUT2D eigenvalue weighted by molar-refractivity contribution is 9.10. The van der Waals surface area contributed by atoms with Crippen LogP contribution in [0.25, 0.3) is 0 Å². The van der Waals surface area contributed by atoms with Gasteiger partial charge in [-0.1, -0.05) is 35.0 Å². The van der Waals surface area contributed by atoms with Gasteiger partial charge < -0.3 is 14.8 Å². The van der Waals surface area contributed by atoms with Crippen molar-refractivity contribution in [1.29, 1.82) is 0 Å². The van der Waals surface area contributed by atoms with Crippen LogP contribution in [0.15, 0.2) is 52.0 Å². The molecule has 0 bridgehead atoms. The largest absolute Gasteiger partial charge is 0.490 e.